The van der Waals surface area contributed by atoms with Gasteiger partial charge in [0.1, 0.15) is 11.4 Å². The fourth-order valence-electron chi connectivity index (χ4n) is 3.65. The molecule has 1 saturated carbocycles. The zero-order valence-corrected chi connectivity index (χ0v) is 17.3. The highest BCUT2D eigenvalue weighted by atomic mass is 32.2. The van der Waals surface area contributed by atoms with Gasteiger partial charge in [-0.3, -0.25) is 9.36 Å². The molecule has 6 nitrogen and oxygen atoms in total. The third-order valence-electron chi connectivity index (χ3n) is 5.37. The van der Waals surface area contributed by atoms with Crippen LogP contribution in [0.2, 0.25) is 0 Å². The van der Waals surface area contributed by atoms with E-state index in [1.54, 1.807) is 40.8 Å². The summed E-state index contributed by atoms with van der Waals surface area (Å²) in [5.74, 6) is 0.0175. The van der Waals surface area contributed by atoms with Crippen molar-refractivity contribution < 1.29 is 9.18 Å². The average Bonchev–Trinajstić information content (AvgIpc) is 3.15. The molecule has 1 aliphatic carbocycles. The molecule has 0 spiro atoms. The van der Waals surface area contributed by atoms with Crippen LogP contribution in [-0.4, -0.2) is 43.9 Å². The molecule has 152 valence electrons. The molecule has 2 aromatic rings. The number of nitriles is 1. The second-order valence-electron chi connectivity index (χ2n) is 7.13. The summed E-state index contributed by atoms with van der Waals surface area (Å²) in [5, 5.41) is 18.5. The number of aromatic nitrogens is 3. The molecule has 0 radical (unpaired) electrons. The van der Waals surface area contributed by atoms with Gasteiger partial charge in [0.15, 0.2) is 11.0 Å². The van der Waals surface area contributed by atoms with E-state index < -0.39 is 5.54 Å². The Balaban J connectivity index is 1.77. The van der Waals surface area contributed by atoms with Crippen LogP contribution in [0.15, 0.2) is 42.1 Å². The molecule has 29 heavy (non-hydrogen) atoms. The summed E-state index contributed by atoms with van der Waals surface area (Å²) in [6, 6.07) is 8.74. The minimum absolute atomic E-state index is 0.126. The number of allylic oxidation sites excluding steroid dienone is 1. The fraction of sp³-hybridized carbons (Fsp3) is 0.429. The van der Waals surface area contributed by atoms with Crippen molar-refractivity contribution >= 4 is 17.7 Å². The maximum absolute atomic E-state index is 14.2. The van der Waals surface area contributed by atoms with E-state index in [0.717, 1.165) is 19.3 Å². The summed E-state index contributed by atoms with van der Waals surface area (Å²) in [6.07, 6.45) is 6.11. The van der Waals surface area contributed by atoms with Gasteiger partial charge in [0.25, 0.3) is 0 Å². The van der Waals surface area contributed by atoms with E-state index in [2.05, 4.69) is 22.8 Å². The molecular formula is C21H24FN5OS. The highest BCUT2D eigenvalue weighted by molar-refractivity contribution is 7.99. The van der Waals surface area contributed by atoms with Gasteiger partial charge in [0.2, 0.25) is 5.91 Å². The Morgan fingerprint density at radius 2 is 2.10 bits per heavy atom. The average molecular weight is 414 g/mol. The Morgan fingerprint density at radius 3 is 2.76 bits per heavy atom. The molecular weight excluding hydrogens is 389 g/mol. The van der Waals surface area contributed by atoms with Crippen LogP contribution in [0, 0.1) is 17.1 Å². The first-order valence-corrected chi connectivity index (χ1v) is 10.6. The van der Waals surface area contributed by atoms with Gasteiger partial charge in [0.05, 0.1) is 17.4 Å². The third-order valence-corrected chi connectivity index (χ3v) is 6.32. The summed E-state index contributed by atoms with van der Waals surface area (Å²) in [6.45, 7) is 4.14. The van der Waals surface area contributed by atoms with Crippen molar-refractivity contribution in [3.05, 3.63) is 42.7 Å². The molecule has 1 amide bonds. The molecule has 1 fully saturated rings. The van der Waals surface area contributed by atoms with Crippen LogP contribution in [-0.2, 0) is 11.3 Å². The predicted octanol–water partition coefficient (Wildman–Crippen LogP) is 4.05. The van der Waals surface area contributed by atoms with Gasteiger partial charge in [-0.2, -0.15) is 5.26 Å². The zero-order chi connectivity index (χ0) is 20.9. The molecule has 0 aliphatic heterocycles. The fourth-order valence-corrected chi connectivity index (χ4v) is 4.51. The third kappa shape index (κ3) is 4.35. The van der Waals surface area contributed by atoms with E-state index in [1.165, 1.54) is 17.8 Å². The van der Waals surface area contributed by atoms with Crippen molar-refractivity contribution in [3.8, 4) is 17.5 Å². The van der Waals surface area contributed by atoms with Crippen LogP contribution < -0.4 is 0 Å². The van der Waals surface area contributed by atoms with Gasteiger partial charge in [-0.15, -0.1) is 16.8 Å². The van der Waals surface area contributed by atoms with Crippen molar-refractivity contribution in [2.24, 2.45) is 0 Å². The number of hydrogen-bond acceptors (Lipinski definition) is 5. The molecule has 1 aromatic heterocycles. The Labute approximate surface area is 174 Å². The monoisotopic (exact) mass is 413 g/mol. The van der Waals surface area contributed by atoms with E-state index in [4.69, 9.17) is 0 Å². The first kappa shape index (κ1) is 21.1. The zero-order valence-electron chi connectivity index (χ0n) is 16.5. The maximum atomic E-state index is 14.2. The summed E-state index contributed by atoms with van der Waals surface area (Å²) < 4.78 is 15.9. The number of benzene rings is 1. The van der Waals surface area contributed by atoms with E-state index in [9.17, 15) is 14.4 Å². The van der Waals surface area contributed by atoms with Crippen molar-refractivity contribution in [2.75, 3.05) is 12.8 Å². The standard InChI is InChI=1S/C21H24FN5OS/c1-3-13-27-19(16-9-5-6-10-17(16)22)24-25-20(27)29-14-18(28)26(2)21(15-23)11-7-4-8-12-21/h3,5-6,9-10H,1,4,7-8,11-14H2,2H3. The van der Waals surface area contributed by atoms with Gasteiger partial charge in [-0.1, -0.05) is 49.2 Å². The Hall–Kier alpha value is -2.66. The molecule has 0 unspecified atom stereocenters. The number of halogens is 1. The molecule has 3 rings (SSSR count). The highest BCUT2D eigenvalue weighted by Crippen LogP contribution is 2.33. The highest BCUT2D eigenvalue weighted by Gasteiger charge is 2.38. The van der Waals surface area contributed by atoms with Gasteiger partial charge in [-0.05, 0) is 25.0 Å². The van der Waals surface area contributed by atoms with Crippen LogP contribution in [0.25, 0.3) is 11.4 Å². The van der Waals surface area contributed by atoms with Crippen molar-refractivity contribution in [3.63, 3.8) is 0 Å². The largest absolute Gasteiger partial charge is 0.326 e. The SMILES string of the molecule is C=CCn1c(SCC(=O)N(C)C2(C#N)CCCCC2)nnc1-c1ccccc1F. The Kier molecular flexibility index (Phi) is 6.70. The maximum Gasteiger partial charge on any atom is 0.234 e. The number of carbonyl (C=O) groups excluding carboxylic acids is 1. The lowest BCUT2D eigenvalue weighted by Gasteiger charge is -2.39. The molecule has 0 atom stereocenters. The van der Waals surface area contributed by atoms with Crippen LogP contribution in [0.4, 0.5) is 4.39 Å². The topological polar surface area (TPSA) is 74.8 Å². The normalized spacial score (nSPS) is 15.5. The minimum atomic E-state index is -0.719. The summed E-state index contributed by atoms with van der Waals surface area (Å²) in [7, 11) is 1.71. The van der Waals surface area contributed by atoms with E-state index >= 15 is 0 Å². The summed E-state index contributed by atoms with van der Waals surface area (Å²) in [5.41, 5.74) is -0.369. The van der Waals surface area contributed by atoms with Gasteiger partial charge in [0, 0.05) is 13.6 Å². The molecule has 1 heterocycles. The van der Waals surface area contributed by atoms with Gasteiger partial charge in [-0.25, -0.2) is 4.39 Å². The summed E-state index contributed by atoms with van der Waals surface area (Å²) >= 11 is 1.24. The van der Waals surface area contributed by atoms with Crippen molar-refractivity contribution in [1.29, 1.82) is 5.26 Å². The van der Waals surface area contributed by atoms with Crippen LogP contribution >= 0.6 is 11.8 Å². The van der Waals surface area contributed by atoms with Crippen LogP contribution in [0.1, 0.15) is 32.1 Å². The first-order chi connectivity index (χ1) is 14.0. The van der Waals surface area contributed by atoms with E-state index in [-0.39, 0.29) is 17.5 Å². The van der Waals surface area contributed by atoms with Crippen molar-refractivity contribution in [2.45, 2.75) is 49.3 Å². The first-order valence-electron chi connectivity index (χ1n) is 9.62. The lowest BCUT2D eigenvalue weighted by molar-refractivity contribution is -0.131. The second kappa shape index (κ2) is 9.23. The van der Waals surface area contributed by atoms with E-state index in [1.807, 2.05) is 0 Å². The van der Waals surface area contributed by atoms with Crippen LogP contribution in [0.5, 0.6) is 0 Å². The van der Waals surface area contributed by atoms with Gasteiger partial charge < -0.3 is 4.90 Å². The lowest BCUT2D eigenvalue weighted by atomic mass is 9.81. The quantitative estimate of drug-likeness (QED) is 0.506. The Bertz CT molecular complexity index is 929. The molecule has 0 N–H and O–H groups in total. The molecule has 1 aliphatic rings. The number of carbonyl (C=O) groups is 1. The van der Waals surface area contributed by atoms with E-state index in [0.29, 0.717) is 35.9 Å². The number of nitrogens with zero attached hydrogens (tertiary/aromatic N) is 5. The second-order valence-corrected chi connectivity index (χ2v) is 8.07. The van der Waals surface area contributed by atoms with Crippen molar-refractivity contribution in [1.82, 2.24) is 19.7 Å². The molecule has 0 saturated heterocycles. The number of rotatable bonds is 7. The molecule has 8 heteroatoms. The Morgan fingerprint density at radius 1 is 1.38 bits per heavy atom. The summed E-state index contributed by atoms with van der Waals surface area (Å²) in [4.78, 5) is 14.4. The van der Waals surface area contributed by atoms with Crippen LogP contribution in [0.3, 0.4) is 0 Å². The lowest BCUT2D eigenvalue weighted by Crippen LogP contribution is -2.50. The number of amides is 1. The predicted molar refractivity (Wildman–Crippen MR) is 111 cm³/mol. The molecule has 0 bridgehead atoms. The minimum Gasteiger partial charge on any atom is -0.326 e. The molecule has 1 aromatic carbocycles. The number of hydrogen-bond donors (Lipinski definition) is 0. The van der Waals surface area contributed by atoms with Gasteiger partial charge >= 0.3 is 0 Å². The smallest absolute Gasteiger partial charge is 0.234 e. The number of thioether (sulfide) groups is 1.